The number of sulfone groups is 1. The van der Waals surface area contributed by atoms with Crippen LogP contribution in [0.15, 0.2) is 29.2 Å². The second-order valence-electron chi connectivity index (χ2n) is 4.98. The summed E-state index contributed by atoms with van der Waals surface area (Å²) in [7, 11) is -3.18. The summed E-state index contributed by atoms with van der Waals surface area (Å²) in [5.74, 6) is 0.0440. The predicted molar refractivity (Wildman–Crippen MR) is 77.1 cm³/mol. The Kier molecular flexibility index (Phi) is 4.45. The Balaban J connectivity index is 2.21. The van der Waals surface area contributed by atoms with Gasteiger partial charge < -0.3 is 5.32 Å². The van der Waals surface area contributed by atoms with Gasteiger partial charge in [0.05, 0.1) is 16.7 Å². The average Bonchev–Trinajstić information content (AvgIpc) is 2.42. The molecule has 110 valence electrons. The van der Waals surface area contributed by atoms with Crippen molar-refractivity contribution in [1.82, 2.24) is 10.6 Å². The van der Waals surface area contributed by atoms with Gasteiger partial charge in [-0.2, -0.15) is 0 Å². The van der Waals surface area contributed by atoms with Gasteiger partial charge in [-0.25, -0.2) is 8.42 Å². The summed E-state index contributed by atoms with van der Waals surface area (Å²) >= 11 is 0. The third-order valence-corrected chi connectivity index (χ3v) is 5.32. The predicted octanol–water partition coefficient (Wildman–Crippen LogP) is 1.02. The first kappa shape index (κ1) is 15.0. The van der Waals surface area contributed by atoms with Crippen molar-refractivity contribution in [2.24, 2.45) is 0 Å². The largest absolute Gasteiger partial charge is 0.355 e. The molecule has 2 unspecified atom stereocenters. The molecule has 0 radical (unpaired) electrons. The molecular formula is C14H20N2O3S. The summed E-state index contributed by atoms with van der Waals surface area (Å²) < 4.78 is 24.1. The van der Waals surface area contributed by atoms with E-state index in [-0.39, 0.29) is 23.7 Å². The molecule has 1 heterocycles. The van der Waals surface area contributed by atoms with Gasteiger partial charge in [-0.05, 0) is 31.9 Å². The minimum atomic E-state index is -3.18. The second kappa shape index (κ2) is 5.93. The van der Waals surface area contributed by atoms with Gasteiger partial charge in [0.25, 0.3) is 0 Å². The van der Waals surface area contributed by atoms with E-state index < -0.39 is 9.84 Å². The molecule has 0 bridgehead atoms. The first-order valence-corrected chi connectivity index (χ1v) is 8.46. The number of nitrogens with one attached hydrogen (secondary N) is 2. The number of rotatable bonds is 4. The Morgan fingerprint density at radius 2 is 2.10 bits per heavy atom. The molecular weight excluding hydrogens is 276 g/mol. The molecule has 0 aromatic heterocycles. The zero-order valence-electron chi connectivity index (χ0n) is 11.7. The Labute approximate surface area is 119 Å². The number of amides is 1. The van der Waals surface area contributed by atoms with Crippen LogP contribution in [0.1, 0.15) is 31.9 Å². The van der Waals surface area contributed by atoms with Crippen LogP contribution >= 0.6 is 0 Å². The van der Waals surface area contributed by atoms with E-state index in [1.807, 2.05) is 19.1 Å². The van der Waals surface area contributed by atoms with Gasteiger partial charge >= 0.3 is 0 Å². The van der Waals surface area contributed by atoms with Crippen molar-refractivity contribution < 1.29 is 13.2 Å². The zero-order chi connectivity index (χ0) is 14.8. The highest BCUT2D eigenvalue weighted by Crippen LogP contribution is 2.32. The second-order valence-corrected chi connectivity index (χ2v) is 7.06. The van der Waals surface area contributed by atoms with E-state index in [1.54, 1.807) is 19.1 Å². The van der Waals surface area contributed by atoms with E-state index in [9.17, 15) is 13.2 Å². The lowest BCUT2D eigenvalue weighted by atomic mass is 10.0. The Morgan fingerprint density at radius 3 is 2.80 bits per heavy atom. The van der Waals surface area contributed by atoms with Gasteiger partial charge in [0.15, 0.2) is 9.84 Å². The summed E-state index contributed by atoms with van der Waals surface area (Å²) in [5.41, 5.74) is 0.759. The van der Waals surface area contributed by atoms with Crippen LogP contribution in [0.25, 0.3) is 0 Å². The molecule has 0 saturated carbocycles. The van der Waals surface area contributed by atoms with Crippen molar-refractivity contribution in [2.45, 2.75) is 37.2 Å². The lowest BCUT2D eigenvalue weighted by molar-refractivity contribution is -0.122. The summed E-state index contributed by atoms with van der Waals surface area (Å²) in [6.45, 7) is 4.24. The maximum atomic E-state index is 12.0. The highest BCUT2D eigenvalue weighted by Gasteiger charge is 2.31. The minimum absolute atomic E-state index is 0.0709. The number of carbonyl (C=O) groups excluding carboxylic acids is 1. The van der Waals surface area contributed by atoms with Crippen LogP contribution in [0.4, 0.5) is 0 Å². The molecule has 2 N–H and O–H groups in total. The van der Waals surface area contributed by atoms with Crippen LogP contribution in [0.2, 0.25) is 0 Å². The number of fused-ring (bicyclic) bond motifs is 1. The molecule has 6 heteroatoms. The summed E-state index contributed by atoms with van der Waals surface area (Å²) in [5, 5.41) is 5.98. The molecule has 2 atom stereocenters. The standard InChI is InChI=1S/C14H20N2O3S/c1-3-15-14(17)10(2)16-12-8-9-20(18,19)13-7-5-4-6-11(12)13/h4-7,10,12,16H,3,8-9H2,1-2H3,(H,15,17). The molecule has 1 amide bonds. The minimum Gasteiger partial charge on any atom is -0.355 e. The maximum absolute atomic E-state index is 12.0. The van der Waals surface area contributed by atoms with Crippen molar-refractivity contribution in [1.29, 1.82) is 0 Å². The van der Waals surface area contributed by atoms with Crippen LogP contribution in [0, 0.1) is 0 Å². The topological polar surface area (TPSA) is 75.3 Å². The van der Waals surface area contributed by atoms with E-state index >= 15 is 0 Å². The Bertz CT molecular complexity index is 598. The van der Waals surface area contributed by atoms with Gasteiger partial charge in [-0.3, -0.25) is 10.1 Å². The highest BCUT2D eigenvalue weighted by molar-refractivity contribution is 7.91. The fraction of sp³-hybridized carbons (Fsp3) is 0.500. The highest BCUT2D eigenvalue weighted by atomic mass is 32.2. The molecule has 1 aliphatic heterocycles. The number of carbonyl (C=O) groups is 1. The van der Waals surface area contributed by atoms with Crippen molar-refractivity contribution in [3.8, 4) is 0 Å². The zero-order valence-corrected chi connectivity index (χ0v) is 12.5. The van der Waals surface area contributed by atoms with E-state index in [0.717, 1.165) is 5.56 Å². The third kappa shape index (κ3) is 3.02. The maximum Gasteiger partial charge on any atom is 0.236 e. The van der Waals surface area contributed by atoms with E-state index in [2.05, 4.69) is 10.6 Å². The molecule has 0 aliphatic carbocycles. The van der Waals surface area contributed by atoms with Gasteiger partial charge in [-0.15, -0.1) is 0 Å². The first-order chi connectivity index (χ1) is 9.45. The smallest absolute Gasteiger partial charge is 0.236 e. The SMILES string of the molecule is CCNC(=O)C(C)NC1CCS(=O)(=O)c2ccccc21. The van der Waals surface area contributed by atoms with Crippen LogP contribution < -0.4 is 10.6 Å². The van der Waals surface area contributed by atoms with Gasteiger partial charge in [0.2, 0.25) is 5.91 Å². The first-order valence-electron chi connectivity index (χ1n) is 6.81. The molecule has 1 aromatic rings. The molecule has 2 rings (SSSR count). The van der Waals surface area contributed by atoms with Crippen molar-refractivity contribution in [3.63, 3.8) is 0 Å². The van der Waals surface area contributed by atoms with Gasteiger partial charge in [0, 0.05) is 12.6 Å². The number of hydrogen-bond donors (Lipinski definition) is 2. The lowest BCUT2D eigenvalue weighted by Crippen LogP contribution is -2.44. The van der Waals surface area contributed by atoms with Gasteiger partial charge in [0.1, 0.15) is 0 Å². The molecule has 0 saturated heterocycles. The van der Waals surface area contributed by atoms with Crippen molar-refractivity contribution >= 4 is 15.7 Å². The molecule has 20 heavy (non-hydrogen) atoms. The summed E-state index contributed by atoms with van der Waals surface area (Å²) in [4.78, 5) is 12.1. The fourth-order valence-corrected chi connectivity index (χ4v) is 4.09. The lowest BCUT2D eigenvalue weighted by Gasteiger charge is -2.28. The molecule has 1 aromatic carbocycles. The Morgan fingerprint density at radius 1 is 1.40 bits per heavy atom. The van der Waals surface area contributed by atoms with Crippen LogP contribution in [-0.4, -0.2) is 32.7 Å². The van der Waals surface area contributed by atoms with Gasteiger partial charge in [-0.1, -0.05) is 18.2 Å². The quantitative estimate of drug-likeness (QED) is 0.870. The van der Waals surface area contributed by atoms with E-state index in [0.29, 0.717) is 17.9 Å². The Hall–Kier alpha value is -1.40. The van der Waals surface area contributed by atoms with Crippen LogP contribution in [-0.2, 0) is 14.6 Å². The van der Waals surface area contributed by atoms with Crippen molar-refractivity contribution in [2.75, 3.05) is 12.3 Å². The molecule has 5 nitrogen and oxygen atoms in total. The monoisotopic (exact) mass is 296 g/mol. The molecule has 0 spiro atoms. The van der Waals surface area contributed by atoms with Crippen molar-refractivity contribution in [3.05, 3.63) is 29.8 Å². The number of likely N-dealkylation sites (N-methyl/N-ethyl adjacent to an activating group) is 1. The van der Waals surface area contributed by atoms with Crippen LogP contribution in [0.3, 0.4) is 0 Å². The van der Waals surface area contributed by atoms with E-state index in [1.165, 1.54) is 0 Å². The molecule has 1 aliphatic rings. The normalized spacial score (nSPS) is 21.8. The van der Waals surface area contributed by atoms with E-state index in [4.69, 9.17) is 0 Å². The number of benzene rings is 1. The number of hydrogen-bond acceptors (Lipinski definition) is 4. The third-order valence-electron chi connectivity index (χ3n) is 3.50. The summed E-state index contributed by atoms with van der Waals surface area (Å²) in [6, 6.07) is 6.54. The summed E-state index contributed by atoms with van der Waals surface area (Å²) in [6.07, 6.45) is 0.489. The van der Waals surface area contributed by atoms with Crippen LogP contribution in [0.5, 0.6) is 0 Å². The average molecular weight is 296 g/mol. The molecule has 0 fully saturated rings. The fourth-order valence-electron chi connectivity index (χ4n) is 2.47.